The molecule has 0 aromatic heterocycles. The van der Waals surface area contributed by atoms with Crippen LogP contribution in [-0.2, 0) is 14.8 Å². The summed E-state index contributed by atoms with van der Waals surface area (Å²) in [4.78, 5) is 23.5. The fourth-order valence-electron chi connectivity index (χ4n) is 3.24. The van der Waals surface area contributed by atoms with E-state index < -0.39 is 15.9 Å². The number of carbonyl (C=O) groups is 2. The lowest BCUT2D eigenvalue weighted by atomic mass is 10.2. The first kappa shape index (κ1) is 21.8. The lowest BCUT2D eigenvalue weighted by Crippen LogP contribution is -2.35. The third-order valence-corrected chi connectivity index (χ3v) is 6.70. The van der Waals surface area contributed by atoms with Gasteiger partial charge in [0, 0.05) is 13.1 Å². The minimum atomic E-state index is -3.65. The number of benzene rings is 2. The summed E-state index contributed by atoms with van der Waals surface area (Å²) in [6, 6.07) is 10.9. The van der Waals surface area contributed by atoms with E-state index in [4.69, 9.17) is 9.47 Å². The molecule has 1 heterocycles. The predicted octanol–water partition coefficient (Wildman–Crippen LogP) is 2.70. The number of carbonyl (C=O) groups excluding carboxylic acids is 2. The smallest absolute Gasteiger partial charge is 0.262 e. The van der Waals surface area contributed by atoms with E-state index in [9.17, 15) is 18.0 Å². The Kier molecular flexibility index (Phi) is 7.07. The molecule has 3 rings (SSSR count). The predicted molar refractivity (Wildman–Crippen MR) is 112 cm³/mol. The van der Waals surface area contributed by atoms with Crippen LogP contribution < -0.4 is 14.8 Å². The molecule has 0 aliphatic carbocycles. The first-order valence-corrected chi connectivity index (χ1v) is 11.0. The van der Waals surface area contributed by atoms with E-state index in [1.165, 1.54) is 29.6 Å². The standard InChI is InChI=1S/C21H24N2O6S/c1-28-20-10-9-17(30(26,27)23-11-5-2-6-12-23)13-18(20)22-21(25)15-29-19-8-4-3-7-16(19)14-24/h3-4,7-10,13-14H,2,5-6,11-12,15H2,1H3,(H,22,25). The number of para-hydroxylation sites is 1. The lowest BCUT2D eigenvalue weighted by molar-refractivity contribution is -0.118. The molecule has 0 atom stereocenters. The average Bonchev–Trinajstić information content (AvgIpc) is 2.78. The van der Waals surface area contributed by atoms with Gasteiger partial charge in [-0.25, -0.2) is 8.42 Å². The Morgan fingerprint density at radius 1 is 1.10 bits per heavy atom. The lowest BCUT2D eigenvalue weighted by Gasteiger charge is -2.26. The number of amides is 1. The number of methoxy groups -OCH3 is 1. The molecule has 0 radical (unpaired) electrons. The number of rotatable bonds is 8. The zero-order chi connectivity index (χ0) is 21.6. The number of hydrogen-bond donors (Lipinski definition) is 1. The maximum atomic E-state index is 12.9. The number of aldehydes is 1. The normalized spacial score (nSPS) is 14.7. The molecule has 0 spiro atoms. The van der Waals surface area contributed by atoms with Crippen molar-refractivity contribution in [2.45, 2.75) is 24.2 Å². The van der Waals surface area contributed by atoms with Crippen molar-refractivity contribution in [3.63, 3.8) is 0 Å². The van der Waals surface area contributed by atoms with Gasteiger partial charge in [0.15, 0.2) is 12.9 Å². The van der Waals surface area contributed by atoms with E-state index in [2.05, 4.69) is 5.32 Å². The Bertz CT molecular complexity index is 1020. The van der Waals surface area contributed by atoms with Crippen molar-refractivity contribution >= 4 is 27.9 Å². The molecule has 1 amide bonds. The minimum Gasteiger partial charge on any atom is -0.495 e. The molecule has 160 valence electrons. The van der Waals surface area contributed by atoms with Crippen LogP contribution in [0, 0.1) is 0 Å². The van der Waals surface area contributed by atoms with Crippen molar-refractivity contribution in [3.8, 4) is 11.5 Å². The second-order valence-electron chi connectivity index (χ2n) is 6.82. The van der Waals surface area contributed by atoms with Gasteiger partial charge >= 0.3 is 0 Å². The summed E-state index contributed by atoms with van der Waals surface area (Å²) in [7, 11) is -2.22. The Morgan fingerprint density at radius 3 is 2.53 bits per heavy atom. The molecule has 1 saturated heterocycles. The van der Waals surface area contributed by atoms with Crippen molar-refractivity contribution in [1.82, 2.24) is 4.31 Å². The Labute approximate surface area is 175 Å². The summed E-state index contributed by atoms with van der Waals surface area (Å²) in [6.07, 6.45) is 3.32. The molecule has 9 heteroatoms. The Morgan fingerprint density at radius 2 is 1.83 bits per heavy atom. The third-order valence-electron chi connectivity index (χ3n) is 4.80. The van der Waals surface area contributed by atoms with Gasteiger partial charge in [-0.15, -0.1) is 0 Å². The van der Waals surface area contributed by atoms with Crippen molar-refractivity contribution in [2.24, 2.45) is 0 Å². The van der Waals surface area contributed by atoms with Crippen LogP contribution in [0.2, 0.25) is 0 Å². The molecule has 0 unspecified atom stereocenters. The number of hydrogen-bond acceptors (Lipinski definition) is 6. The first-order valence-electron chi connectivity index (χ1n) is 9.61. The van der Waals surface area contributed by atoms with Gasteiger partial charge in [0.1, 0.15) is 11.5 Å². The molecule has 1 N–H and O–H groups in total. The van der Waals surface area contributed by atoms with Crippen LogP contribution in [0.25, 0.3) is 0 Å². The van der Waals surface area contributed by atoms with Gasteiger partial charge in [0.2, 0.25) is 10.0 Å². The SMILES string of the molecule is COc1ccc(S(=O)(=O)N2CCCCC2)cc1NC(=O)COc1ccccc1C=O. The van der Waals surface area contributed by atoms with E-state index in [1.807, 2.05) is 0 Å². The number of piperidine rings is 1. The number of ether oxygens (including phenoxy) is 2. The zero-order valence-corrected chi connectivity index (χ0v) is 17.5. The molecule has 1 aliphatic rings. The molecule has 1 aliphatic heterocycles. The van der Waals surface area contributed by atoms with Crippen LogP contribution in [0.15, 0.2) is 47.4 Å². The highest BCUT2D eigenvalue weighted by Crippen LogP contribution is 2.30. The fourth-order valence-corrected chi connectivity index (χ4v) is 4.78. The van der Waals surface area contributed by atoms with Gasteiger partial charge in [0.25, 0.3) is 5.91 Å². The molecule has 0 saturated carbocycles. The summed E-state index contributed by atoms with van der Waals surface area (Å²) in [5, 5.41) is 2.62. The van der Waals surface area contributed by atoms with E-state index >= 15 is 0 Å². The van der Waals surface area contributed by atoms with Crippen molar-refractivity contribution in [1.29, 1.82) is 0 Å². The van der Waals surface area contributed by atoms with E-state index in [1.54, 1.807) is 24.3 Å². The second kappa shape index (κ2) is 9.73. The van der Waals surface area contributed by atoms with Crippen molar-refractivity contribution < 1.29 is 27.5 Å². The highest BCUT2D eigenvalue weighted by atomic mass is 32.2. The average molecular weight is 432 g/mol. The summed E-state index contributed by atoms with van der Waals surface area (Å²) in [5.74, 6) is 0.104. The number of sulfonamides is 1. The molecular formula is C21H24N2O6S. The molecule has 1 fully saturated rings. The largest absolute Gasteiger partial charge is 0.495 e. The maximum absolute atomic E-state index is 12.9. The quantitative estimate of drug-likeness (QED) is 0.644. The van der Waals surface area contributed by atoms with Crippen LogP contribution in [0.4, 0.5) is 5.69 Å². The molecule has 8 nitrogen and oxygen atoms in total. The summed E-state index contributed by atoms with van der Waals surface area (Å²) in [6.45, 7) is 0.622. The van der Waals surface area contributed by atoms with Gasteiger partial charge in [-0.3, -0.25) is 9.59 Å². The highest BCUT2D eigenvalue weighted by molar-refractivity contribution is 7.89. The third kappa shape index (κ3) is 4.98. The molecule has 30 heavy (non-hydrogen) atoms. The fraction of sp³-hybridized carbons (Fsp3) is 0.333. The van der Waals surface area contributed by atoms with Crippen molar-refractivity contribution in [3.05, 3.63) is 48.0 Å². The number of anilines is 1. The zero-order valence-electron chi connectivity index (χ0n) is 16.7. The van der Waals surface area contributed by atoms with Crippen LogP contribution in [0.5, 0.6) is 11.5 Å². The van der Waals surface area contributed by atoms with Crippen LogP contribution >= 0.6 is 0 Å². The van der Waals surface area contributed by atoms with Gasteiger partial charge in [-0.2, -0.15) is 4.31 Å². The highest BCUT2D eigenvalue weighted by Gasteiger charge is 2.27. The summed E-state index contributed by atoms with van der Waals surface area (Å²) in [5.41, 5.74) is 0.561. The van der Waals surface area contributed by atoms with Gasteiger partial charge in [-0.1, -0.05) is 18.6 Å². The molecule has 2 aromatic rings. The topological polar surface area (TPSA) is 102 Å². The Balaban J connectivity index is 1.75. The minimum absolute atomic E-state index is 0.0905. The first-order chi connectivity index (χ1) is 14.5. The number of nitrogens with zero attached hydrogens (tertiary/aromatic N) is 1. The van der Waals surface area contributed by atoms with Gasteiger partial charge in [0.05, 0.1) is 23.3 Å². The van der Waals surface area contributed by atoms with Crippen LogP contribution in [0.1, 0.15) is 29.6 Å². The summed E-state index contributed by atoms with van der Waals surface area (Å²) < 4.78 is 38.0. The molecular weight excluding hydrogens is 408 g/mol. The summed E-state index contributed by atoms with van der Waals surface area (Å²) >= 11 is 0. The maximum Gasteiger partial charge on any atom is 0.262 e. The van der Waals surface area contributed by atoms with Gasteiger partial charge in [-0.05, 0) is 43.2 Å². The van der Waals surface area contributed by atoms with E-state index in [-0.39, 0.29) is 22.9 Å². The number of nitrogens with one attached hydrogen (secondary N) is 1. The van der Waals surface area contributed by atoms with Crippen LogP contribution in [0.3, 0.4) is 0 Å². The monoisotopic (exact) mass is 432 g/mol. The van der Waals surface area contributed by atoms with E-state index in [0.717, 1.165) is 19.3 Å². The van der Waals surface area contributed by atoms with Crippen molar-refractivity contribution in [2.75, 3.05) is 32.1 Å². The molecule has 0 bridgehead atoms. The Hall–Kier alpha value is -2.91. The van der Waals surface area contributed by atoms with E-state index in [0.29, 0.717) is 30.7 Å². The molecule has 2 aromatic carbocycles. The second-order valence-corrected chi connectivity index (χ2v) is 8.76. The van der Waals surface area contributed by atoms with Gasteiger partial charge < -0.3 is 14.8 Å². The van der Waals surface area contributed by atoms with Crippen LogP contribution in [-0.4, -0.2) is 51.7 Å².